The summed E-state index contributed by atoms with van der Waals surface area (Å²) in [6, 6.07) is 10.2. The van der Waals surface area contributed by atoms with Gasteiger partial charge in [-0.2, -0.15) is 0 Å². The Morgan fingerprint density at radius 3 is 2.71 bits per heavy atom. The molecule has 0 radical (unpaired) electrons. The van der Waals surface area contributed by atoms with Crippen molar-refractivity contribution in [3.05, 3.63) is 48.2 Å². The van der Waals surface area contributed by atoms with Crippen LogP contribution >= 0.6 is 0 Å². The second-order valence-electron chi connectivity index (χ2n) is 3.50. The molecule has 0 saturated heterocycles. The van der Waals surface area contributed by atoms with Crippen molar-refractivity contribution in [1.82, 2.24) is 0 Å². The van der Waals surface area contributed by atoms with Gasteiger partial charge in [-0.15, -0.1) is 0 Å². The summed E-state index contributed by atoms with van der Waals surface area (Å²) in [6.45, 7) is 3.30. The molecule has 0 aromatic heterocycles. The van der Waals surface area contributed by atoms with E-state index in [0.29, 0.717) is 13.2 Å². The van der Waals surface area contributed by atoms with E-state index in [9.17, 15) is 0 Å². The fourth-order valence-electron chi connectivity index (χ4n) is 1.54. The second kappa shape index (κ2) is 3.84. The molecule has 1 aromatic carbocycles. The fraction of sp³-hybridized carbons (Fsp3) is 0.333. The van der Waals surface area contributed by atoms with E-state index in [2.05, 4.69) is 12.1 Å². The highest BCUT2D eigenvalue weighted by molar-refractivity contribution is 5.26. The summed E-state index contributed by atoms with van der Waals surface area (Å²) in [5.41, 5.74) is 0.805. The van der Waals surface area contributed by atoms with Gasteiger partial charge in [0, 0.05) is 0 Å². The zero-order chi connectivity index (χ0) is 9.86. The lowest BCUT2D eigenvalue weighted by Crippen LogP contribution is -2.23. The largest absolute Gasteiger partial charge is 0.499 e. The van der Waals surface area contributed by atoms with Crippen molar-refractivity contribution >= 4 is 0 Å². The lowest BCUT2D eigenvalue weighted by atomic mass is 9.96. The van der Waals surface area contributed by atoms with Gasteiger partial charge in [0.15, 0.2) is 0 Å². The van der Waals surface area contributed by atoms with Gasteiger partial charge in [0.25, 0.3) is 0 Å². The Balaban J connectivity index is 2.30. The minimum atomic E-state index is -0.349. The maximum Gasteiger partial charge on any atom is 0.112 e. The first kappa shape index (κ1) is 9.28. The summed E-state index contributed by atoms with van der Waals surface area (Å²) in [6.07, 6.45) is 3.68. The van der Waals surface area contributed by atoms with Gasteiger partial charge in [-0.1, -0.05) is 30.3 Å². The van der Waals surface area contributed by atoms with Crippen LogP contribution in [-0.4, -0.2) is 13.2 Å². The smallest absolute Gasteiger partial charge is 0.112 e. The molecule has 74 valence electrons. The molecule has 2 rings (SSSR count). The SMILES string of the molecule is C[C@]1(c2ccccc2)C=COCCO1. The Kier molecular flexibility index (Phi) is 2.55. The standard InChI is InChI=1S/C12H14O2/c1-12(7-8-13-9-10-14-12)11-5-3-2-4-6-11/h2-8H,9-10H2,1H3/t12-/m1/s1. The summed E-state index contributed by atoms with van der Waals surface area (Å²) in [5.74, 6) is 0. The van der Waals surface area contributed by atoms with Crippen LogP contribution in [-0.2, 0) is 15.1 Å². The third kappa shape index (κ3) is 1.80. The van der Waals surface area contributed by atoms with Crippen molar-refractivity contribution < 1.29 is 9.47 Å². The van der Waals surface area contributed by atoms with Gasteiger partial charge >= 0.3 is 0 Å². The second-order valence-corrected chi connectivity index (χ2v) is 3.50. The molecule has 1 aliphatic rings. The molecule has 1 atom stereocenters. The van der Waals surface area contributed by atoms with Crippen LogP contribution in [0.1, 0.15) is 12.5 Å². The van der Waals surface area contributed by atoms with Gasteiger partial charge in [-0.3, -0.25) is 0 Å². The molecule has 1 aromatic rings. The van der Waals surface area contributed by atoms with Crippen molar-refractivity contribution in [1.29, 1.82) is 0 Å². The summed E-state index contributed by atoms with van der Waals surface area (Å²) in [7, 11) is 0. The normalized spacial score (nSPS) is 26.6. The minimum absolute atomic E-state index is 0.349. The molecular formula is C12H14O2. The number of ether oxygens (including phenoxy) is 2. The highest BCUT2D eigenvalue weighted by atomic mass is 16.5. The summed E-state index contributed by atoms with van der Waals surface area (Å²) in [5, 5.41) is 0. The molecule has 1 aliphatic heterocycles. The molecule has 1 heterocycles. The molecule has 0 unspecified atom stereocenters. The third-order valence-electron chi connectivity index (χ3n) is 2.43. The molecule has 0 aliphatic carbocycles. The molecule has 2 heteroatoms. The number of hydrogen-bond acceptors (Lipinski definition) is 2. The van der Waals surface area contributed by atoms with Crippen molar-refractivity contribution in [3.8, 4) is 0 Å². The zero-order valence-electron chi connectivity index (χ0n) is 8.27. The van der Waals surface area contributed by atoms with E-state index in [1.165, 1.54) is 0 Å². The van der Waals surface area contributed by atoms with Crippen LogP contribution in [0.15, 0.2) is 42.7 Å². The summed E-state index contributed by atoms with van der Waals surface area (Å²) in [4.78, 5) is 0. The predicted molar refractivity (Wildman–Crippen MR) is 54.8 cm³/mol. The molecule has 0 saturated carbocycles. The third-order valence-corrected chi connectivity index (χ3v) is 2.43. The van der Waals surface area contributed by atoms with Crippen LogP contribution in [0.25, 0.3) is 0 Å². The topological polar surface area (TPSA) is 18.5 Å². The average molecular weight is 190 g/mol. The van der Waals surface area contributed by atoms with E-state index < -0.39 is 0 Å². The number of rotatable bonds is 1. The summed E-state index contributed by atoms with van der Waals surface area (Å²) >= 11 is 0. The van der Waals surface area contributed by atoms with Gasteiger partial charge in [-0.25, -0.2) is 0 Å². The van der Waals surface area contributed by atoms with Crippen LogP contribution in [0.2, 0.25) is 0 Å². The minimum Gasteiger partial charge on any atom is -0.499 e. The molecule has 0 bridgehead atoms. The van der Waals surface area contributed by atoms with E-state index in [1.807, 2.05) is 31.2 Å². The van der Waals surface area contributed by atoms with Crippen molar-refractivity contribution in [2.75, 3.05) is 13.2 Å². The highest BCUT2D eigenvalue weighted by Crippen LogP contribution is 2.27. The average Bonchev–Trinajstić information content (AvgIpc) is 2.46. The van der Waals surface area contributed by atoms with Crippen molar-refractivity contribution in [2.45, 2.75) is 12.5 Å². The lowest BCUT2D eigenvalue weighted by molar-refractivity contribution is -0.00506. The Morgan fingerprint density at radius 2 is 1.93 bits per heavy atom. The number of hydrogen-bond donors (Lipinski definition) is 0. The molecule has 0 amide bonds. The first-order valence-electron chi connectivity index (χ1n) is 4.80. The van der Waals surface area contributed by atoms with E-state index in [-0.39, 0.29) is 5.60 Å². The van der Waals surface area contributed by atoms with Gasteiger partial charge < -0.3 is 9.47 Å². The Hall–Kier alpha value is -1.28. The van der Waals surface area contributed by atoms with Crippen LogP contribution < -0.4 is 0 Å². The van der Waals surface area contributed by atoms with Crippen molar-refractivity contribution in [3.63, 3.8) is 0 Å². The van der Waals surface area contributed by atoms with Gasteiger partial charge in [0.2, 0.25) is 0 Å². The lowest BCUT2D eigenvalue weighted by Gasteiger charge is -2.25. The first-order valence-corrected chi connectivity index (χ1v) is 4.80. The quantitative estimate of drug-likeness (QED) is 0.677. The molecule has 0 fully saturated rings. The number of benzene rings is 1. The Morgan fingerprint density at radius 1 is 1.14 bits per heavy atom. The highest BCUT2D eigenvalue weighted by Gasteiger charge is 2.25. The van der Waals surface area contributed by atoms with E-state index in [1.54, 1.807) is 6.26 Å². The maximum atomic E-state index is 5.76. The molecular weight excluding hydrogens is 176 g/mol. The molecule has 0 spiro atoms. The first-order chi connectivity index (χ1) is 6.81. The van der Waals surface area contributed by atoms with Crippen molar-refractivity contribution in [2.24, 2.45) is 0 Å². The van der Waals surface area contributed by atoms with Gasteiger partial charge in [0.1, 0.15) is 12.2 Å². The maximum absolute atomic E-state index is 5.76. The Labute approximate surface area is 84.2 Å². The molecule has 0 N–H and O–H groups in total. The van der Waals surface area contributed by atoms with Crippen LogP contribution in [0.4, 0.5) is 0 Å². The zero-order valence-corrected chi connectivity index (χ0v) is 8.27. The molecule has 2 nitrogen and oxygen atoms in total. The van der Waals surface area contributed by atoms with Gasteiger partial charge in [-0.05, 0) is 18.6 Å². The monoisotopic (exact) mass is 190 g/mol. The Bertz CT molecular complexity index is 318. The van der Waals surface area contributed by atoms with Gasteiger partial charge in [0.05, 0.1) is 12.9 Å². The van der Waals surface area contributed by atoms with Crippen LogP contribution in [0, 0.1) is 0 Å². The predicted octanol–water partition coefficient (Wildman–Crippen LogP) is 2.46. The van der Waals surface area contributed by atoms with Crippen LogP contribution in [0.3, 0.4) is 0 Å². The van der Waals surface area contributed by atoms with E-state index in [4.69, 9.17) is 9.47 Å². The molecule has 14 heavy (non-hydrogen) atoms. The fourth-order valence-corrected chi connectivity index (χ4v) is 1.54. The summed E-state index contributed by atoms with van der Waals surface area (Å²) < 4.78 is 11.0. The van der Waals surface area contributed by atoms with E-state index >= 15 is 0 Å². The van der Waals surface area contributed by atoms with Crippen LogP contribution in [0.5, 0.6) is 0 Å². The van der Waals surface area contributed by atoms with E-state index in [0.717, 1.165) is 5.56 Å².